The molecule has 0 spiro atoms. The average Bonchev–Trinajstić information content (AvgIpc) is 2.71. The van der Waals surface area contributed by atoms with Crippen molar-refractivity contribution in [2.45, 2.75) is 70.6 Å². The molecule has 0 radical (unpaired) electrons. The number of methoxy groups -OCH3 is 1. The molecule has 0 bridgehead atoms. The first-order valence-electron chi connectivity index (χ1n) is 6.90. The molecule has 0 amide bonds. The fourth-order valence-electron chi connectivity index (χ4n) is 2.91. The third-order valence-electron chi connectivity index (χ3n) is 4.02. The molecule has 1 fully saturated rings. The van der Waals surface area contributed by atoms with E-state index in [2.05, 4.69) is 45.0 Å². The highest BCUT2D eigenvalue weighted by molar-refractivity contribution is 5.81. The Labute approximate surface area is 111 Å². The second-order valence-electron chi connectivity index (χ2n) is 6.03. The van der Waals surface area contributed by atoms with Crippen molar-refractivity contribution in [3.63, 3.8) is 0 Å². The van der Waals surface area contributed by atoms with E-state index in [0.29, 0.717) is 12.1 Å². The van der Waals surface area contributed by atoms with E-state index in [-0.39, 0.29) is 12.0 Å². The summed E-state index contributed by atoms with van der Waals surface area (Å²) in [4.78, 5) is 14.5. The van der Waals surface area contributed by atoms with E-state index in [1.165, 1.54) is 7.11 Å². The lowest BCUT2D eigenvalue weighted by molar-refractivity contribution is -0.149. The molecule has 0 aromatic carbocycles. The maximum absolute atomic E-state index is 12.1. The van der Waals surface area contributed by atoms with Gasteiger partial charge in [-0.25, -0.2) is 0 Å². The Kier molecular flexibility index (Phi) is 5.17. The van der Waals surface area contributed by atoms with Crippen molar-refractivity contribution in [3.8, 4) is 0 Å². The van der Waals surface area contributed by atoms with Gasteiger partial charge in [0.05, 0.1) is 7.11 Å². The molecule has 4 heteroatoms. The topological polar surface area (TPSA) is 41.6 Å². The summed E-state index contributed by atoms with van der Waals surface area (Å²) in [7, 11) is 3.61. The lowest BCUT2D eigenvalue weighted by atomic mass is 9.96. The number of nitrogens with one attached hydrogen (secondary N) is 1. The van der Waals surface area contributed by atoms with E-state index in [0.717, 1.165) is 19.3 Å². The summed E-state index contributed by atoms with van der Waals surface area (Å²) in [6, 6.07) is 1.24. The molecule has 1 aliphatic carbocycles. The van der Waals surface area contributed by atoms with E-state index in [9.17, 15) is 4.79 Å². The molecule has 2 atom stereocenters. The van der Waals surface area contributed by atoms with Crippen LogP contribution in [0, 0.1) is 0 Å². The standard InChI is InChI=1S/C14H28N2O2/c1-10(2)15-14(13(17)18-6)8-7-12(9-14)16(5)11(3)4/h10-12,15H,7-9H2,1-6H3. The molecule has 1 N–H and O–H groups in total. The predicted octanol–water partition coefficient (Wildman–Crippen LogP) is 1.79. The van der Waals surface area contributed by atoms with Crippen LogP contribution in [0.3, 0.4) is 0 Å². The fourth-order valence-corrected chi connectivity index (χ4v) is 2.91. The minimum Gasteiger partial charge on any atom is -0.468 e. The SMILES string of the molecule is COC(=O)C1(NC(C)C)CCC(N(C)C(C)C)C1. The van der Waals surface area contributed by atoms with Crippen LogP contribution >= 0.6 is 0 Å². The number of esters is 1. The van der Waals surface area contributed by atoms with Crippen LogP contribution < -0.4 is 5.32 Å². The third-order valence-corrected chi connectivity index (χ3v) is 4.02. The van der Waals surface area contributed by atoms with Crippen LogP contribution in [0.5, 0.6) is 0 Å². The van der Waals surface area contributed by atoms with Gasteiger partial charge in [0.2, 0.25) is 0 Å². The number of nitrogens with zero attached hydrogens (tertiary/aromatic N) is 1. The summed E-state index contributed by atoms with van der Waals surface area (Å²) in [6.45, 7) is 8.52. The molecular weight excluding hydrogens is 228 g/mol. The Hall–Kier alpha value is -0.610. The highest BCUT2D eigenvalue weighted by atomic mass is 16.5. The van der Waals surface area contributed by atoms with Crippen LogP contribution in [0.15, 0.2) is 0 Å². The van der Waals surface area contributed by atoms with Crippen LogP contribution in [-0.2, 0) is 9.53 Å². The van der Waals surface area contributed by atoms with Gasteiger partial charge < -0.3 is 9.64 Å². The van der Waals surface area contributed by atoms with Crippen molar-refractivity contribution in [2.75, 3.05) is 14.2 Å². The van der Waals surface area contributed by atoms with Gasteiger partial charge in [0.15, 0.2) is 0 Å². The van der Waals surface area contributed by atoms with E-state index in [1.54, 1.807) is 0 Å². The predicted molar refractivity (Wildman–Crippen MR) is 73.6 cm³/mol. The highest BCUT2D eigenvalue weighted by Gasteiger charge is 2.47. The van der Waals surface area contributed by atoms with E-state index >= 15 is 0 Å². The van der Waals surface area contributed by atoms with Crippen LogP contribution in [0.2, 0.25) is 0 Å². The Bertz CT molecular complexity index is 292. The Morgan fingerprint density at radius 1 is 1.39 bits per heavy atom. The van der Waals surface area contributed by atoms with Gasteiger partial charge in [-0.05, 0) is 54.0 Å². The van der Waals surface area contributed by atoms with Crippen molar-refractivity contribution < 1.29 is 9.53 Å². The van der Waals surface area contributed by atoms with E-state index in [1.807, 2.05) is 0 Å². The number of hydrogen-bond donors (Lipinski definition) is 1. The highest BCUT2D eigenvalue weighted by Crippen LogP contribution is 2.34. The van der Waals surface area contributed by atoms with Crippen molar-refractivity contribution in [2.24, 2.45) is 0 Å². The fraction of sp³-hybridized carbons (Fsp3) is 0.929. The zero-order valence-electron chi connectivity index (χ0n) is 12.6. The summed E-state index contributed by atoms with van der Waals surface area (Å²) in [6.07, 6.45) is 2.75. The van der Waals surface area contributed by atoms with Gasteiger partial charge in [0.1, 0.15) is 5.54 Å². The molecule has 0 saturated heterocycles. The first-order valence-corrected chi connectivity index (χ1v) is 6.90. The molecule has 18 heavy (non-hydrogen) atoms. The zero-order chi connectivity index (χ0) is 13.9. The van der Waals surface area contributed by atoms with Crippen LogP contribution in [0.25, 0.3) is 0 Å². The van der Waals surface area contributed by atoms with E-state index < -0.39 is 5.54 Å². The molecule has 1 aliphatic rings. The minimum absolute atomic E-state index is 0.115. The van der Waals surface area contributed by atoms with Gasteiger partial charge in [-0.3, -0.25) is 10.1 Å². The lowest BCUT2D eigenvalue weighted by Crippen LogP contribution is -2.54. The zero-order valence-corrected chi connectivity index (χ0v) is 12.6. The first-order chi connectivity index (χ1) is 8.32. The first kappa shape index (κ1) is 15.4. The molecule has 0 aromatic rings. The summed E-state index contributed by atoms with van der Waals surface area (Å²) >= 11 is 0. The molecule has 0 heterocycles. The van der Waals surface area contributed by atoms with Gasteiger partial charge >= 0.3 is 5.97 Å². The molecule has 0 aliphatic heterocycles. The summed E-state index contributed by atoms with van der Waals surface area (Å²) in [5.41, 5.74) is -0.489. The second-order valence-corrected chi connectivity index (χ2v) is 6.03. The number of ether oxygens (including phenoxy) is 1. The van der Waals surface area contributed by atoms with Gasteiger partial charge in [-0.15, -0.1) is 0 Å². The summed E-state index contributed by atoms with van der Waals surface area (Å²) < 4.78 is 5.01. The van der Waals surface area contributed by atoms with Gasteiger partial charge in [0.25, 0.3) is 0 Å². The molecule has 1 saturated carbocycles. The smallest absolute Gasteiger partial charge is 0.326 e. The maximum atomic E-state index is 12.1. The molecular formula is C14H28N2O2. The van der Waals surface area contributed by atoms with Crippen LogP contribution in [-0.4, -0.2) is 48.7 Å². The third kappa shape index (κ3) is 3.23. The van der Waals surface area contributed by atoms with Crippen molar-refractivity contribution in [3.05, 3.63) is 0 Å². The number of rotatable bonds is 5. The largest absolute Gasteiger partial charge is 0.468 e. The van der Waals surface area contributed by atoms with Crippen molar-refractivity contribution >= 4 is 5.97 Å². The number of carbonyl (C=O) groups excluding carboxylic acids is 1. The Morgan fingerprint density at radius 3 is 2.44 bits per heavy atom. The van der Waals surface area contributed by atoms with Gasteiger partial charge in [0, 0.05) is 18.1 Å². The van der Waals surface area contributed by atoms with Crippen molar-refractivity contribution in [1.82, 2.24) is 10.2 Å². The van der Waals surface area contributed by atoms with Gasteiger partial charge in [-0.2, -0.15) is 0 Å². The second kappa shape index (κ2) is 6.02. The quantitative estimate of drug-likeness (QED) is 0.762. The van der Waals surface area contributed by atoms with Crippen molar-refractivity contribution in [1.29, 1.82) is 0 Å². The summed E-state index contributed by atoms with van der Waals surface area (Å²) in [5.74, 6) is -0.115. The Balaban J connectivity index is 2.80. The minimum atomic E-state index is -0.489. The lowest BCUT2D eigenvalue weighted by Gasteiger charge is -2.33. The molecule has 1 rings (SSSR count). The number of hydrogen-bond acceptors (Lipinski definition) is 4. The van der Waals surface area contributed by atoms with Crippen LogP contribution in [0.1, 0.15) is 47.0 Å². The van der Waals surface area contributed by atoms with E-state index in [4.69, 9.17) is 4.74 Å². The molecule has 4 nitrogen and oxygen atoms in total. The molecule has 2 unspecified atom stereocenters. The Morgan fingerprint density at radius 2 is 2.00 bits per heavy atom. The molecule has 106 valence electrons. The monoisotopic (exact) mass is 256 g/mol. The maximum Gasteiger partial charge on any atom is 0.326 e. The van der Waals surface area contributed by atoms with Crippen LogP contribution in [0.4, 0.5) is 0 Å². The summed E-state index contributed by atoms with van der Waals surface area (Å²) in [5, 5.41) is 3.43. The van der Waals surface area contributed by atoms with Gasteiger partial charge in [-0.1, -0.05) is 0 Å². The number of carbonyl (C=O) groups is 1. The average molecular weight is 256 g/mol. The molecule has 0 aromatic heterocycles. The normalized spacial score (nSPS) is 28.4.